The quantitative estimate of drug-likeness (QED) is 0.861. The molecule has 1 fully saturated rings. The Labute approximate surface area is 156 Å². The van der Waals surface area contributed by atoms with Crippen LogP contribution in [0.5, 0.6) is 11.5 Å². The molecule has 1 heterocycles. The van der Waals surface area contributed by atoms with Crippen LogP contribution < -0.4 is 14.8 Å². The van der Waals surface area contributed by atoms with Gasteiger partial charge in [-0.3, -0.25) is 0 Å². The van der Waals surface area contributed by atoms with E-state index in [0.29, 0.717) is 0 Å². The molecule has 3 rings (SSSR count). The summed E-state index contributed by atoms with van der Waals surface area (Å²) in [4.78, 5) is 0. The summed E-state index contributed by atoms with van der Waals surface area (Å²) in [5.41, 5.74) is 4.82. The fourth-order valence-electron chi connectivity index (χ4n) is 4.20. The largest absolute Gasteiger partial charge is 0.496 e. The Morgan fingerprint density at radius 3 is 1.42 bits per heavy atom. The van der Waals surface area contributed by atoms with Gasteiger partial charge in [-0.2, -0.15) is 0 Å². The summed E-state index contributed by atoms with van der Waals surface area (Å²) in [6.45, 7) is 9.02. The number of rotatable bonds is 5. The van der Waals surface area contributed by atoms with Crippen molar-refractivity contribution in [3.8, 4) is 11.5 Å². The smallest absolute Gasteiger partial charge is 0.130 e. The van der Waals surface area contributed by atoms with Crippen molar-refractivity contribution in [2.45, 2.75) is 45.8 Å². The lowest BCUT2D eigenvalue weighted by Crippen LogP contribution is -2.57. The van der Waals surface area contributed by atoms with Crippen molar-refractivity contribution in [3.05, 3.63) is 57.6 Å². The van der Waals surface area contributed by atoms with Crippen LogP contribution in [-0.2, 0) is 5.60 Å². The average molecular weight is 355 g/mol. The van der Waals surface area contributed by atoms with Gasteiger partial charge in [-0.1, -0.05) is 0 Å². The van der Waals surface area contributed by atoms with Gasteiger partial charge in [0.2, 0.25) is 0 Å². The van der Waals surface area contributed by atoms with E-state index in [2.05, 4.69) is 5.32 Å². The highest BCUT2D eigenvalue weighted by Crippen LogP contribution is 2.41. The van der Waals surface area contributed by atoms with Gasteiger partial charge in [0.15, 0.2) is 0 Å². The van der Waals surface area contributed by atoms with Crippen LogP contribution in [0.2, 0.25) is 0 Å². The number of aliphatic hydroxyl groups is 1. The average Bonchev–Trinajstić information content (AvgIpc) is 2.52. The summed E-state index contributed by atoms with van der Waals surface area (Å²) < 4.78 is 11.0. The van der Waals surface area contributed by atoms with E-state index in [1.807, 2.05) is 52.0 Å². The van der Waals surface area contributed by atoms with Crippen molar-refractivity contribution in [2.24, 2.45) is 0 Å². The Morgan fingerprint density at radius 1 is 0.846 bits per heavy atom. The predicted octanol–water partition coefficient (Wildman–Crippen LogP) is 3.54. The zero-order valence-corrected chi connectivity index (χ0v) is 16.6. The summed E-state index contributed by atoms with van der Waals surface area (Å²) in [5, 5.41) is 15.4. The van der Waals surface area contributed by atoms with Gasteiger partial charge in [-0.25, -0.2) is 0 Å². The maximum absolute atomic E-state index is 12.0. The predicted molar refractivity (Wildman–Crippen MR) is 104 cm³/mol. The van der Waals surface area contributed by atoms with Gasteiger partial charge >= 0.3 is 0 Å². The molecule has 2 aromatic carbocycles. The Balaban J connectivity index is 2.20. The summed E-state index contributed by atoms with van der Waals surface area (Å²) >= 11 is 0. The third-order valence-electron chi connectivity index (χ3n) is 5.54. The number of methoxy groups -OCH3 is 2. The van der Waals surface area contributed by atoms with Crippen LogP contribution in [0, 0.1) is 27.7 Å². The molecule has 1 aliphatic heterocycles. The van der Waals surface area contributed by atoms with Gasteiger partial charge in [0.25, 0.3) is 0 Å². The molecule has 2 aromatic rings. The van der Waals surface area contributed by atoms with Gasteiger partial charge in [-0.05, 0) is 98.3 Å². The molecule has 4 heteroatoms. The number of ether oxygens (including phenoxy) is 2. The van der Waals surface area contributed by atoms with Gasteiger partial charge in [0.05, 0.1) is 14.2 Å². The van der Waals surface area contributed by atoms with Crippen LogP contribution in [0.15, 0.2) is 24.3 Å². The van der Waals surface area contributed by atoms with Crippen LogP contribution >= 0.6 is 0 Å². The standard InChI is InChI=1S/C22H29NO3/c1-13-9-17(10-14(2)20(13)25-5)22(24,19-7-8-23-19)18-11-15(3)21(26-6)16(4)12-18/h9-12,19,23-24H,7-8H2,1-6H3/t19-/m0/s1. The lowest BCUT2D eigenvalue weighted by atomic mass is 9.74. The van der Waals surface area contributed by atoms with E-state index in [-0.39, 0.29) is 6.04 Å². The molecule has 4 nitrogen and oxygen atoms in total. The molecule has 0 radical (unpaired) electrons. The van der Waals surface area contributed by atoms with Crippen molar-refractivity contribution >= 4 is 0 Å². The molecule has 2 N–H and O–H groups in total. The van der Waals surface area contributed by atoms with Gasteiger partial charge in [0.1, 0.15) is 17.1 Å². The highest BCUT2D eigenvalue weighted by Gasteiger charge is 2.44. The highest BCUT2D eigenvalue weighted by atomic mass is 16.5. The molecular formula is C22H29NO3. The molecule has 0 amide bonds. The van der Waals surface area contributed by atoms with Crippen LogP contribution in [0.25, 0.3) is 0 Å². The maximum atomic E-state index is 12.0. The SMILES string of the molecule is COc1c(C)cc(C(O)(c2cc(C)c(OC)c(C)c2)[C@@H]2CCN2)cc1C. The first-order chi connectivity index (χ1) is 12.3. The second kappa shape index (κ2) is 6.93. The highest BCUT2D eigenvalue weighted by molar-refractivity contribution is 5.52. The lowest BCUT2D eigenvalue weighted by Gasteiger charge is -2.43. The lowest BCUT2D eigenvalue weighted by molar-refractivity contribution is 0.0112. The molecule has 1 aliphatic rings. The van der Waals surface area contributed by atoms with Crippen LogP contribution in [0.3, 0.4) is 0 Å². The number of nitrogens with one attached hydrogen (secondary N) is 1. The molecule has 0 spiro atoms. The number of benzene rings is 2. The number of hydrogen-bond acceptors (Lipinski definition) is 4. The normalized spacial score (nSPS) is 17.0. The van der Waals surface area contributed by atoms with E-state index in [1.54, 1.807) is 14.2 Å². The van der Waals surface area contributed by atoms with Crippen molar-refractivity contribution in [2.75, 3.05) is 20.8 Å². The number of hydrogen-bond donors (Lipinski definition) is 2. The van der Waals surface area contributed by atoms with Crippen LogP contribution in [0.4, 0.5) is 0 Å². The molecule has 140 valence electrons. The Kier molecular flexibility index (Phi) is 5.00. The van der Waals surface area contributed by atoms with Gasteiger partial charge in [0, 0.05) is 6.04 Å². The molecule has 0 bridgehead atoms. The van der Waals surface area contributed by atoms with Gasteiger partial charge in [-0.15, -0.1) is 0 Å². The summed E-state index contributed by atoms with van der Waals surface area (Å²) in [5.74, 6) is 1.75. The van der Waals surface area contributed by atoms with E-state index < -0.39 is 5.60 Å². The van der Waals surface area contributed by atoms with Gasteiger partial charge < -0.3 is 19.9 Å². The van der Waals surface area contributed by atoms with E-state index >= 15 is 0 Å². The second-order valence-corrected chi connectivity index (χ2v) is 7.35. The fraction of sp³-hybridized carbons (Fsp3) is 0.455. The molecule has 0 aromatic heterocycles. The van der Waals surface area contributed by atoms with E-state index in [4.69, 9.17) is 9.47 Å². The molecule has 1 atom stereocenters. The van der Waals surface area contributed by atoms with E-state index in [1.165, 1.54) is 0 Å². The molecule has 0 unspecified atom stereocenters. The fourth-order valence-corrected chi connectivity index (χ4v) is 4.20. The first-order valence-corrected chi connectivity index (χ1v) is 9.10. The second-order valence-electron chi connectivity index (χ2n) is 7.35. The zero-order valence-electron chi connectivity index (χ0n) is 16.6. The minimum Gasteiger partial charge on any atom is -0.496 e. The third kappa shape index (κ3) is 2.87. The van der Waals surface area contributed by atoms with E-state index in [9.17, 15) is 5.11 Å². The van der Waals surface area contributed by atoms with Crippen LogP contribution in [-0.4, -0.2) is 31.9 Å². The third-order valence-corrected chi connectivity index (χ3v) is 5.54. The molecule has 26 heavy (non-hydrogen) atoms. The minimum atomic E-state index is -1.10. The maximum Gasteiger partial charge on any atom is 0.130 e. The van der Waals surface area contributed by atoms with Crippen molar-refractivity contribution < 1.29 is 14.6 Å². The van der Waals surface area contributed by atoms with Crippen molar-refractivity contribution in [1.29, 1.82) is 0 Å². The molecular weight excluding hydrogens is 326 g/mol. The Morgan fingerprint density at radius 2 is 1.19 bits per heavy atom. The van der Waals surface area contributed by atoms with Crippen molar-refractivity contribution in [1.82, 2.24) is 5.32 Å². The first kappa shape index (κ1) is 18.7. The number of aryl methyl sites for hydroxylation is 4. The first-order valence-electron chi connectivity index (χ1n) is 9.10. The summed E-state index contributed by atoms with van der Waals surface area (Å²) in [6, 6.07) is 8.16. The Bertz CT molecular complexity index is 719. The summed E-state index contributed by atoms with van der Waals surface area (Å²) in [7, 11) is 3.37. The molecule has 1 saturated heterocycles. The molecule has 0 saturated carbocycles. The Hall–Kier alpha value is -2.04. The monoisotopic (exact) mass is 355 g/mol. The minimum absolute atomic E-state index is 0.0121. The van der Waals surface area contributed by atoms with Crippen LogP contribution in [0.1, 0.15) is 39.8 Å². The molecule has 0 aliphatic carbocycles. The van der Waals surface area contributed by atoms with E-state index in [0.717, 1.165) is 57.8 Å². The zero-order chi connectivity index (χ0) is 19.1. The topological polar surface area (TPSA) is 50.7 Å². The summed E-state index contributed by atoms with van der Waals surface area (Å²) in [6.07, 6.45) is 0.935. The van der Waals surface area contributed by atoms with Crippen molar-refractivity contribution in [3.63, 3.8) is 0 Å².